The SMILES string of the molecule is CC1CC(C)CC(Nc2ccc3scnc3c2[N+](=O)[O-])C1. The first kappa shape index (κ1) is 14.3. The van der Waals surface area contributed by atoms with E-state index in [0.717, 1.165) is 17.5 Å². The maximum atomic E-state index is 11.4. The Balaban J connectivity index is 1.93. The third-order valence-corrected chi connectivity index (χ3v) is 4.99. The van der Waals surface area contributed by atoms with Gasteiger partial charge in [-0.25, -0.2) is 4.98 Å². The van der Waals surface area contributed by atoms with Gasteiger partial charge in [0.1, 0.15) is 5.69 Å². The Morgan fingerprint density at radius 1 is 1.29 bits per heavy atom. The van der Waals surface area contributed by atoms with E-state index in [2.05, 4.69) is 24.1 Å². The average molecular weight is 305 g/mol. The van der Waals surface area contributed by atoms with Crippen LogP contribution in [0, 0.1) is 22.0 Å². The molecule has 1 aromatic heterocycles. The molecule has 1 aliphatic carbocycles. The molecule has 0 saturated heterocycles. The number of hydrogen-bond acceptors (Lipinski definition) is 5. The Morgan fingerprint density at radius 3 is 2.67 bits per heavy atom. The number of hydrogen-bond donors (Lipinski definition) is 1. The lowest BCUT2D eigenvalue weighted by Crippen LogP contribution is -2.30. The smallest absolute Gasteiger partial charge is 0.319 e. The van der Waals surface area contributed by atoms with E-state index in [-0.39, 0.29) is 10.6 Å². The fraction of sp³-hybridized carbons (Fsp3) is 0.533. The topological polar surface area (TPSA) is 68.1 Å². The molecule has 1 aliphatic rings. The first-order valence-electron chi connectivity index (χ1n) is 7.31. The van der Waals surface area contributed by atoms with Gasteiger partial charge in [0.25, 0.3) is 0 Å². The largest absolute Gasteiger partial charge is 0.377 e. The Kier molecular flexibility index (Phi) is 3.80. The Labute approximate surface area is 127 Å². The molecule has 6 heteroatoms. The second-order valence-corrected chi connectivity index (χ2v) is 7.06. The van der Waals surface area contributed by atoms with Crippen molar-refractivity contribution in [2.24, 2.45) is 11.8 Å². The van der Waals surface area contributed by atoms with Crippen LogP contribution in [0.1, 0.15) is 33.1 Å². The molecule has 1 N–H and O–H groups in total. The second kappa shape index (κ2) is 5.60. The summed E-state index contributed by atoms with van der Waals surface area (Å²) in [5, 5.41) is 14.8. The van der Waals surface area contributed by atoms with Crippen molar-refractivity contribution < 1.29 is 4.92 Å². The summed E-state index contributed by atoms with van der Waals surface area (Å²) in [6.45, 7) is 4.50. The van der Waals surface area contributed by atoms with Crippen LogP contribution in [-0.2, 0) is 0 Å². The lowest BCUT2D eigenvalue weighted by atomic mass is 9.80. The highest BCUT2D eigenvalue weighted by Gasteiger charge is 2.27. The molecule has 1 aromatic carbocycles. The van der Waals surface area contributed by atoms with Crippen molar-refractivity contribution in [2.45, 2.75) is 39.2 Å². The van der Waals surface area contributed by atoms with Crippen LogP contribution in [0.15, 0.2) is 17.6 Å². The average Bonchev–Trinajstić information content (AvgIpc) is 2.84. The maximum absolute atomic E-state index is 11.4. The van der Waals surface area contributed by atoms with E-state index in [9.17, 15) is 10.1 Å². The summed E-state index contributed by atoms with van der Waals surface area (Å²) in [5.41, 5.74) is 2.86. The van der Waals surface area contributed by atoms with E-state index in [1.54, 1.807) is 5.51 Å². The number of nitrogens with zero attached hydrogens (tertiary/aromatic N) is 2. The lowest BCUT2D eigenvalue weighted by Gasteiger charge is -2.32. The van der Waals surface area contributed by atoms with E-state index in [1.807, 2.05) is 12.1 Å². The van der Waals surface area contributed by atoms with Crippen molar-refractivity contribution in [3.8, 4) is 0 Å². The Bertz CT molecular complexity index is 660. The molecule has 112 valence electrons. The molecule has 0 aliphatic heterocycles. The Morgan fingerprint density at radius 2 is 2.00 bits per heavy atom. The highest BCUT2D eigenvalue weighted by Crippen LogP contribution is 2.37. The molecular weight excluding hydrogens is 286 g/mol. The quantitative estimate of drug-likeness (QED) is 0.672. The molecule has 2 atom stereocenters. The number of benzene rings is 1. The van der Waals surface area contributed by atoms with Gasteiger partial charge in [0, 0.05) is 6.04 Å². The zero-order valence-electron chi connectivity index (χ0n) is 12.2. The van der Waals surface area contributed by atoms with Crippen LogP contribution in [0.3, 0.4) is 0 Å². The van der Waals surface area contributed by atoms with Crippen LogP contribution >= 0.6 is 11.3 Å². The molecule has 1 saturated carbocycles. The number of aromatic nitrogens is 1. The standard InChI is InChI=1S/C15H19N3O2S/c1-9-5-10(2)7-11(6-9)17-12-3-4-13-14(16-8-21-13)15(12)18(19)20/h3-4,8-11,17H,5-7H2,1-2H3. The number of nitro benzene ring substituents is 1. The van der Waals surface area contributed by atoms with Crippen molar-refractivity contribution in [3.63, 3.8) is 0 Å². The molecule has 21 heavy (non-hydrogen) atoms. The number of rotatable bonds is 3. The predicted octanol–water partition coefficient (Wildman–Crippen LogP) is 4.44. The molecule has 2 aromatic rings. The van der Waals surface area contributed by atoms with Crippen LogP contribution in [-0.4, -0.2) is 15.9 Å². The molecule has 0 amide bonds. The molecule has 5 nitrogen and oxygen atoms in total. The van der Waals surface area contributed by atoms with Crippen LogP contribution < -0.4 is 5.32 Å². The fourth-order valence-electron chi connectivity index (χ4n) is 3.50. The maximum Gasteiger partial charge on any atom is 0.319 e. The first-order valence-corrected chi connectivity index (χ1v) is 8.19. The van der Waals surface area contributed by atoms with Gasteiger partial charge in [-0.2, -0.15) is 0 Å². The van der Waals surface area contributed by atoms with Crippen LogP contribution in [0.5, 0.6) is 0 Å². The number of anilines is 1. The highest BCUT2D eigenvalue weighted by atomic mass is 32.1. The Hall–Kier alpha value is -1.69. The van der Waals surface area contributed by atoms with Gasteiger partial charge in [-0.15, -0.1) is 11.3 Å². The second-order valence-electron chi connectivity index (χ2n) is 6.18. The number of nitrogens with one attached hydrogen (secondary N) is 1. The number of thiazole rings is 1. The van der Waals surface area contributed by atoms with Crippen molar-refractivity contribution in [1.29, 1.82) is 0 Å². The zero-order valence-corrected chi connectivity index (χ0v) is 13.0. The monoisotopic (exact) mass is 305 g/mol. The van der Waals surface area contributed by atoms with Crippen molar-refractivity contribution >= 4 is 32.9 Å². The van der Waals surface area contributed by atoms with Gasteiger partial charge in [-0.05, 0) is 43.2 Å². The van der Waals surface area contributed by atoms with E-state index < -0.39 is 0 Å². The molecule has 3 rings (SSSR count). The minimum atomic E-state index is -0.319. The van der Waals surface area contributed by atoms with E-state index in [1.165, 1.54) is 17.8 Å². The van der Waals surface area contributed by atoms with Gasteiger partial charge >= 0.3 is 5.69 Å². The van der Waals surface area contributed by atoms with Gasteiger partial charge < -0.3 is 5.32 Å². The van der Waals surface area contributed by atoms with Crippen LogP contribution in [0.2, 0.25) is 0 Å². The summed E-state index contributed by atoms with van der Waals surface area (Å²) in [7, 11) is 0. The third-order valence-electron chi connectivity index (χ3n) is 4.20. The summed E-state index contributed by atoms with van der Waals surface area (Å²) in [6, 6.07) is 4.04. The van der Waals surface area contributed by atoms with Crippen LogP contribution in [0.4, 0.5) is 11.4 Å². The fourth-order valence-corrected chi connectivity index (χ4v) is 4.18. The molecule has 0 radical (unpaired) electrons. The van der Waals surface area contributed by atoms with Gasteiger partial charge in [0.15, 0.2) is 5.52 Å². The van der Waals surface area contributed by atoms with E-state index >= 15 is 0 Å². The lowest BCUT2D eigenvalue weighted by molar-refractivity contribution is -0.382. The minimum Gasteiger partial charge on any atom is -0.377 e. The van der Waals surface area contributed by atoms with Gasteiger partial charge in [0.2, 0.25) is 0 Å². The first-order chi connectivity index (χ1) is 10.0. The summed E-state index contributed by atoms with van der Waals surface area (Å²) >= 11 is 1.43. The summed E-state index contributed by atoms with van der Waals surface area (Å²) in [4.78, 5) is 15.3. The summed E-state index contributed by atoms with van der Waals surface area (Å²) in [5.74, 6) is 1.32. The van der Waals surface area contributed by atoms with Gasteiger partial charge in [0.05, 0.1) is 15.1 Å². The highest BCUT2D eigenvalue weighted by molar-refractivity contribution is 7.16. The van der Waals surface area contributed by atoms with Crippen LogP contribution in [0.25, 0.3) is 10.2 Å². The van der Waals surface area contributed by atoms with Gasteiger partial charge in [-0.1, -0.05) is 13.8 Å². The summed E-state index contributed by atoms with van der Waals surface area (Å²) in [6.07, 6.45) is 3.37. The molecule has 1 fully saturated rings. The normalized spacial score (nSPS) is 25.9. The van der Waals surface area contributed by atoms with Gasteiger partial charge in [-0.3, -0.25) is 10.1 Å². The number of fused-ring (bicyclic) bond motifs is 1. The van der Waals surface area contributed by atoms with Crippen molar-refractivity contribution in [2.75, 3.05) is 5.32 Å². The molecule has 1 heterocycles. The van der Waals surface area contributed by atoms with Crippen molar-refractivity contribution in [1.82, 2.24) is 4.98 Å². The molecule has 0 bridgehead atoms. The third kappa shape index (κ3) is 2.85. The van der Waals surface area contributed by atoms with E-state index in [0.29, 0.717) is 29.1 Å². The molecule has 2 unspecified atom stereocenters. The minimum absolute atomic E-state index is 0.111. The predicted molar refractivity (Wildman–Crippen MR) is 85.9 cm³/mol. The van der Waals surface area contributed by atoms with Crippen molar-refractivity contribution in [3.05, 3.63) is 27.8 Å². The molecule has 0 spiro atoms. The molecular formula is C15H19N3O2S. The van der Waals surface area contributed by atoms with E-state index in [4.69, 9.17) is 0 Å². The number of nitro groups is 1. The summed E-state index contributed by atoms with van der Waals surface area (Å²) < 4.78 is 0.859. The zero-order chi connectivity index (χ0) is 15.0.